The lowest BCUT2D eigenvalue weighted by atomic mass is 9.96. The summed E-state index contributed by atoms with van der Waals surface area (Å²) in [4.78, 5) is 7.69. The van der Waals surface area contributed by atoms with Crippen LogP contribution in [0.4, 0.5) is 5.82 Å². The lowest BCUT2D eigenvalue weighted by molar-refractivity contribution is -0.361. The molecule has 4 nitrogen and oxygen atoms in total. The third-order valence-electron chi connectivity index (χ3n) is 4.54. The van der Waals surface area contributed by atoms with Gasteiger partial charge in [0.15, 0.2) is 0 Å². The number of pyridine rings is 2. The monoisotopic (exact) mass is 376 g/mol. The van der Waals surface area contributed by atoms with Gasteiger partial charge in [0.25, 0.3) is 5.82 Å². The highest BCUT2D eigenvalue weighted by Crippen LogP contribution is 2.38. The molecule has 4 rings (SSSR count). The van der Waals surface area contributed by atoms with Gasteiger partial charge in [-0.05, 0) is 31.2 Å². The zero-order valence-corrected chi connectivity index (χ0v) is 15.5. The van der Waals surface area contributed by atoms with Crippen LogP contribution in [0.15, 0.2) is 72.9 Å². The van der Waals surface area contributed by atoms with Gasteiger partial charge in [-0.3, -0.25) is 5.32 Å². The highest BCUT2D eigenvalue weighted by atomic mass is 35.5. The Balaban J connectivity index is 1.89. The quantitative estimate of drug-likeness (QED) is 0.531. The minimum absolute atomic E-state index is 0.157. The van der Waals surface area contributed by atoms with E-state index in [0.29, 0.717) is 16.1 Å². The highest BCUT2D eigenvalue weighted by molar-refractivity contribution is 6.31. The van der Waals surface area contributed by atoms with Crippen LogP contribution in [0.2, 0.25) is 5.02 Å². The van der Waals surface area contributed by atoms with Crippen LogP contribution in [0.25, 0.3) is 10.9 Å². The molecular formula is C22H19ClN3O+. The number of hydrogen-bond acceptors (Lipinski definition) is 3. The zero-order chi connectivity index (χ0) is 18.8. The van der Waals surface area contributed by atoms with E-state index in [1.54, 1.807) is 0 Å². The standard InChI is InChI=1S/C22H18ClN3O/c1-14-9-10-15-11-12-17(22(27)20(15)25-14)21(16-6-2-3-7-18(16)23)26-19-8-4-5-13-24-19/h2-13,21,27H,1H3,(H,24,26)/p+1/t21-/m1/s1. The molecule has 0 aliphatic carbocycles. The molecule has 0 unspecified atom stereocenters. The number of phenolic OH excluding ortho intramolecular Hbond substituents is 1. The fourth-order valence-electron chi connectivity index (χ4n) is 3.19. The Bertz CT molecular complexity index is 1100. The molecule has 134 valence electrons. The van der Waals surface area contributed by atoms with Crippen LogP contribution in [0.5, 0.6) is 5.75 Å². The maximum atomic E-state index is 11.0. The third-order valence-corrected chi connectivity index (χ3v) is 4.89. The summed E-state index contributed by atoms with van der Waals surface area (Å²) < 4.78 is 0. The molecule has 27 heavy (non-hydrogen) atoms. The van der Waals surface area contributed by atoms with Gasteiger partial charge in [-0.1, -0.05) is 48.0 Å². The Morgan fingerprint density at radius 2 is 1.74 bits per heavy atom. The van der Waals surface area contributed by atoms with Gasteiger partial charge in [0, 0.05) is 33.3 Å². The summed E-state index contributed by atoms with van der Waals surface area (Å²) in [5.74, 6) is 0.976. The summed E-state index contributed by atoms with van der Waals surface area (Å²) in [6, 6.07) is 20.9. The van der Waals surface area contributed by atoms with Gasteiger partial charge in [0.2, 0.25) is 0 Å². The van der Waals surface area contributed by atoms with Crippen molar-refractivity contribution in [2.45, 2.75) is 13.0 Å². The van der Waals surface area contributed by atoms with E-state index in [4.69, 9.17) is 11.6 Å². The first-order valence-corrected chi connectivity index (χ1v) is 9.08. The van der Waals surface area contributed by atoms with Crippen LogP contribution in [0.3, 0.4) is 0 Å². The number of aromatic nitrogens is 2. The first kappa shape index (κ1) is 17.3. The van der Waals surface area contributed by atoms with Crippen LogP contribution in [0, 0.1) is 6.92 Å². The Labute approximate surface area is 162 Å². The van der Waals surface area contributed by atoms with Gasteiger partial charge < -0.3 is 5.11 Å². The van der Waals surface area contributed by atoms with E-state index < -0.39 is 0 Å². The van der Waals surface area contributed by atoms with Gasteiger partial charge in [0.05, 0.1) is 6.20 Å². The number of aryl methyl sites for hydroxylation is 1. The molecular weight excluding hydrogens is 358 g/mol. The lowest BCUT2D eigenvalue weighted by Gasteiger charge is -2.18. The van der Waals surface area contributed by atoms with Crippen LogP contribution in [0.1, 0.15) is 22.9 Å². The predicted molar refractivity (Wildman–Crippen MR) is 108 cm³/mol. The van der Waals surface area contributed by atoms with E-state index in [0.717, 1.165) is 22.5 Å². The van der Waals surface area contributed by atoms with Gasteiger partial charge >= 0.3 is 0 Å². The summed E-state index contributed by atoms with van der Waals surface area (Å²) in [5.41, 5.74) is 3.03. The van der Waals surface area contributed by atoms with Crippen molar-refractivity contribution in [3.05, 3.63) is 94.8 Å². The SMILES string of the molecule is Cc1ccc2ccc([C@H](Nc3cccc[nH+]3)c3ccccc3Cl)c(O)c2n1. The predicted octanol–water partition coefficient (Wildman–Crippen LogP) is 4.92. The van der Waals surface area contributed by atoms with Gasteiger partial charge in [-0.25, -0.2) is 9.97 Å². The topological polar surface area (TPSA) is 59.3 Å². The molecule has 0 saturated carbocycles. The number of anilines is 1. The average molecular weight is 377 g/mol. The van der Waals surface area contributed by atoms with Crippen molar-refractivity contribution in [1.82, 2.24) is 4.98 Å². The maximum absolute atomic E-state index is 11.0. The molecule has 0 radical (unpaired) electrons. The molecule has 1 atom stereocenters. The highest BCUT2D eigenvalue weighted by Gasteiger charge is 2.26. The molecule has 4 aromatic rings. The molecule has 0 saturated heterocycles. The molecule has 0 amide bonds. The van der Waals surface area contributed by atoms with Gasteiger partial charge in [-0.2, -0.15) is 0 Å². The summed E-state index contributed by atoms with van der Waals surface area (Å²) in [5, 5.41) is 16.0. The minimum Gasteiger partial charge on any atom is -0.505 e. The molecule has 0 spiro atoms. The Morgan fingerprint density at radius 3 is 2.52 bits per heavy atom. The van der Waals surface area contributed by atoms with Crippen molar-refractivity contribution in [3.63, 3.8) is 0 Å². The number of hydrogen-bond donors (Lipinski definition) is 2. The number of halogens is 1. The fraction of sp³-hybridized carbons (Fsp3) is 0.0909. The van der Waals surface area contributed by atoms with Crippen molar-refractivity contribution >= 4 is 28.3 Å². The number of phenols is 1. The maximum Gasteiger partial charge on any atom is 0.272 e. The molecule has 0 bridgehead atoms. The number of fused-ring (bicyclic) bond motifs is 1. The van der Waals surface area contributed by atoms with Crippen molar-refractivity contribution < 1.29 is 10.1 Å². The summed E-state index contributed by atoms with van der Waals surface area (Å²) >= 11 is 6.48. The van der Waals surface area contributed by atoms with Crippen molar-refractivity contribution in [2.75, 3.05) is 5.32 Å². The molecule has 2 aromatic carbocycles. The van der Waals surface area contributed by atoms with Crippen LogP contribution < -0.4 is 10.3 Å². The largest absolute Gasteiger partial charge is 0.505 e. The number of rotatable bonds is 4. The Morgan fingerprint density at radius 1 is 0.963 bits per heavy atom. The summed E-state index contributed by atoms with van der Waals surface area (Å²) in [6.45, 7) is 1.91. The number of nitrogens with zero attached hydrogens (tertiary/aromatic N) is 1. The zero-order valence-electron chi connectivity index (χ0n) is 14.8. The van der Waals surface area contributed by atoms with E-state index in [2.05, 4.69) is 15.3 Å². The first-order chi connectivity index (χ1) is 13.1. The van der Waals surface area contributed by atoms with Crippen molar-refractivity contribution in [3.8, 4) is 5.75 Å². The second-order valence-electron chi connectivity index (χ2n) is 6.40. The smallest absolute Gasteiger partial charge is 0.272 e. The number of nitrogens with one attached hydrogen (secondary N) is 2. The average Bonchev–Trinajstić information content (AvgIpc) is 2.69. The van der Waals surface area contributed by atoms with Crippen molar-refractivity contribution in [2.24, 2.45) is 0 Å². The summed E-state index contributed by atoms with van der Waals surface area (Å²) in [7, 11) is 0. The molecule has 2 aromatic heterocycles. The Hall–Kier alpha value is -3.11. The minimum atomic E-state index is -0.343. The molecule has 3 N–H and O–H groups in total. The molecule has 2 heterocycles. The summed E-state index contributed by atoms with van der Waals surface area (Å²) in [6.07, 6.45) is 1.84. The molecule has 5 heteroatoms. The van der Waals surface area contributed by atoms with Crippen molar-refractivity contribution in [1.29, 1.82) is 0 Å². The third kappa shape index (κ3) is 3.44. The van der Waals surface area contributed by atoms with Crippen LogP contribution in [-0.4, -0.2) is 10.1 Å². The van der Waals surface area contributed by atoms with Crippen LogP contribution >= 0.6 is 11.6 Å². The molecule has 0 aliphatic heterocycles. The first-order valence-electron chi connectivity index (χ1n) is 8.70. The molecule has 0 fully saturated rings. The number of H-pyrrole nitrogens is 1. The van der Waals surface area contributed by atoms with E-state index in [9.17, 15) is 5.11 Å². The second kappa shape index (κ2) is 7.25. The van der Waals surface area contributed by atoms with Gasteiger partial charge in [0.1, 0.15) is 17.3 Å². The number of aromatic hydroxyl groups is 1. The molecule has 0 aliphatic rings. The lowest BCUT2D eigenvalue weighted by Crippen LogP contribution is -2.19. The van der Waals surface area contributed by atoms with Gasteiger partial charge in [-0.15, -0.1) is 0 Å². The van der Waals surface area contributed by atoms with E-state index >= 15 is 0 Å². The Kier molecular flexibility index (Phi) is 4.65. The normalized spacial score (nSPS) is 12.1. The van der Waals surface area contributed by atoms with Crippen LogP contribution in [-0.2, 0) is 0 Å². The van der Waals surface area contributed by atoms with E-state index in [1.165, 1.54) is 0 Å². The number of aromatic amines is 1. The second-order valence-corrected chi connectivity index (χ2v) is 6.81. The number of benzene rings is 2. The van der Waals surface area contributed by atoms with E-state index in [1.807, 2.05) is 79.9 Å². The fourth-order valence-corrected chi connectivity index (χ4v) is 3.44. The van der Waals surface area contributed by atoms with E-state index in [-0.39, 0.29) is 11.8 Å².